The van der Waals surface area contributed by atoms with E-state index >= 15 is 0 Å². The lowest BCUT2D eigenvalue weighted by atomic mass is 10.0. The van der Waals surface area contributed by atoms with E-state index in [2.05, 4.69) is 60.7 Å². The number of thiazole rings is 1. The normalized spacial score (nSPS) is 12.3. The summed E-state index contributed by atoms with van der Waals surface area (Å²) in [6, 6.07) is 37.4. The van der Waals surface area contributed by atoms with Gasteiger partial charge in [-0.1, -0.05) is 78.9 Å². The Labute approximate surface area is 199 Å². The Balaban J connectivity index is 1.59. The summed E-state index contributed by atoms with van der Waals surface area (Å²) in [4.78, 5) is 9.98. The Bertz CT molecular complexity index is 1890. The minimum Gasteiger partial charge on any atom is -0.438 e. The highest BCUT2D eigenvalue weighted by molar-refractivity contribution is 7.21. The van der Waals surface area contributed by atoms with Crippen LogP contribution in [0.15, 0.2) is 119 Å². The van der Waals surface area contributed by atoms with Gasteiger partial charge in [-0.3, -0.25) is 0 Å². The van der Waals surface area contributed by atoms with Gasteiger partial charge in [-0.05, 0) is 46.5 Å². The summed E-state index contributed by atoms with van der Waals surface area (Å²) in [7, 11) is 0. The number of para-hydroxylation sites is 1. The quantitative estimate of drug-likeness (QED) is 0.247. The van der Waals surface area contributed by atoms with Crippen LogP contribution in [0.4, 0.5) is 5.69 Å². The van der Waals surface area contributed by atoms with Crippen LogP contribution in [0.3, 0.4) is 0 Å². The minimum absolute atomic E-state index is 0.568. The van der Waals surface area contributed by atoms with Gasteiger partial charge in [-0.15, -0.1) is 11.3 Å². The van der Waals surface area contributed by atoms with Crippen molar-refractivity contribution in [1.82, 2.24) is 4.98 Å². The summed E-state index contributed by atoms with van der Waals surface area (Å²) in [5.74, 6) is 0. The first kappa shape index (κ1) is 19.2. The molecule has 5 aromatic carbocycles. The van der Waals surface area contributed by atoms with Crippen molar-refractivity contribution in [2.24, 2.45) is 4.99 Å². The number of benzene rings is 5. The van der Waals surface area contributed by atoms with Gasteiger partial charge in [0, 0.05) is 10.8 Å². The number of fused-ring (bicyclic) bond motifs is 5. The Kier molecular flexibility index (Phi) is 4.32. The van der Waals surface area contributed by atoms with E-state index in [1.165, 1.54) is 5.39 Å². The van der Waals surface area contributed by atoms with Crippen molar-refractivity contribution in [3.8, 4) is 10.6 Å². The molecule has 0 aliphatic carbocycles. The number of hydrogen-bond acceptors (Lipinski definition) is 4. The smallest absolute Gasteiger partial charge is 0.230 e. The Morgan fingerprint density at radius 1 is 0.647 bits per heavy atom. The lowest BCUT2D eigenvalue weighted by Gasteiger charge is -2.07. The fraction of sp³-hybridized carbons (Fsp3) is 0. The average Bonchev–Trinajstić information content (AvgIpc) is 3.32. The fourth-order valence-electron chi connectivity index (χ4n) is 4.52. The van der Waals surface area contributed by atoms with Crippen LogP contribution in [0.25, 0.3) is 53.3 Å². The maximum absolute atomic E-state index is 6.50. The minimum atomic E-state index is 0.568. The number of nitrogens with zero attached hydrogens (tertiary/aromatic N) is 2. The molecule has 0 aliphatic rings. The van der Waals surface area contributed by atoms with E-state index in [1.807, 2.05) is 48.5 Å². The molecule has 0 unspecified atom stereocenters. The zero-order valence-corrected chi connectivity index (χ0v) is 18.9. The van der Waals surface area contributed by atoms with E-state index in [0.717, 1.165) is 53.6 Å². The molecular weight excluding hydrogens is 436 g/mol. The lowest BCUT2D eigenvalue weighted by Crippen LogP contribution is -2.05. The van der Waals surface area contributed by atoms with Gasteiger partial charge >= 0.3 is 0 Å². The topological polar surface area (TPSA) is 38.4 Å². The fourth-order valence-corrected chi connectivity index (χ4v) is 5.49. The summed E-state index contributed by atoms with van der Waals surface area (Å²) >= 11 is 1.66. The monoisotopic (exact) mass is 454 g/mol. The third-order valence-corrected chi connectivity index (χ3v) is 7.24. The van der Waals surface area contributed by atoms with Crippen molar-refractivity contribution in [2.45, 2.75) is 0 Å². The van der Waals surface area contributed by atoms with Crippen molar-refractivity contribution < 1.29 is 4.42 Å². The van der Waals surface area contributed by atoms with Gasteiger partial charge < -0.3 is 4.42 Å². The Hall–Kier alpha value is -4.28. The van der Waals surface area contributed by atoms with Gasteiger partial charge in [0.15, 0.2) is 0 Å². The Morgan fingerprint density at radius 3 is 2.26 bits per heavy atom. The van der Waals surface area contributed by atoms with Crippen molar-refractivity contribution in [2.75, 3.05) is 0 Å². The summed E-state index contributed by atoms with van der Waals surface area (Å²) in [5, 5.41) is 6.54. The number of hydrogen-bond donors (Lipinski definition) is 0. The van der Waals surface area contributed by atoms with Crippen LogP contribution in [0, 0.1) is 0 Å². The molecule has 0 saturated heterocycles. The molecule has 0 amide bonds. The first-order valence-electron chi connectivity index (χ1n) is 11.2. The molecule has 0 bridgehead atoms. The molecule has 160 valence electrons. The summed E-state index contributed by atoms with van der Waals surface area (Å²) in [5.41, 5.74) is 4.14. The van der Waals surface area contributed by atoms with Gasteiger partial charge in [0.25, 0.3) is 0 Å². The molecule has 3 nitrogen and oxygen atoms in total. The van der Waals surface area contributed by atoms with Crippen LogP contribution in [-0.2, 0) is 0 Å². The highest BCUT2D eigenvalue weighted by atomic mass is 32.1. The molecule has 2 aromatic heterocycles. The van der Waals surface area contributed by atoms with Gasteiger partial charge in [-0.25, -0.2) is 9.98 Å². The molecule has 0 N–H and O–H groups in total. The zero-order valence-electron chi connectivity index (χ0n) is 18.1. The maximum atomic E-state index is 6.50. The highest BCUT2D eigenvalue weighted by Crippen LogP contribution is 2.33. The summed E-state index contributed by atoms with van der Waals surface area (Å²) < 4.78 is 7.65. The van der Waals surface area contributed by atoms with Gasteiger partial charge in [0.1, 0.15) is 10.6 Å². The Morgan fingerprint density at radius 2 is 1.38 bits per heavy atom. The molecular formula is C30H18N2OS. The van der Waals surface area contributed by atoms with Crippen LogP contribution >= 0.6 is 11.3 Å². The second-order valence-corrected chi connectivity index (χ2v) is 9.29. The van der Waals surface area contributed by atoms with E-state index in [4.69, 9.17) is 14.4 Å². The van der Waals surface area contributed by atoms with Gasteiger partial charge in [0.05, 0.1) is 21.5 Å². The molecule has 7 aromatic rings. The second kappa shape index (κ2) is 7.65. The summed E-state index contributed by atoms with van der Waals surface area (Å²) in [6.07, 6.45) is 0. The molecule has 0 saturated carbocycles. The predicted molar refractivity (Wildman–Crippen MR) is 142 cm³/mol. The third kappa shape index (κ3) is 3.11. The van der Waals surface area contributed by atoms with Crippen LogP contribution < -0.4 is 5.55 Å². The van der Waals surface area contributed by atoms with Crippen molar-refractivity contribution in [3.63, 3.8) is 0 Å². The first-order chi connectivity index (χ1) is 16.8. The molecule has 0 radical (unpaired) electrons. The zero-order chi connectivity index (χ0) is 22.5. The molecule has 0 spiro atoms. The highest BCUT2D eigenvalue weighted by Gasteiger charge is 2.14. The molecule has 34 heavy (non-hydrogen) atoms. The molecule has 0 fully saturated rings. The van der Waals surface area contributed by atoms with Crippen LogP contribution in [0.5, 0.6) is 0 Å². The van der Waals surface area contributed by atoms with Crippen LogP contribution in [0.1, 0.15) is 0 Å². The molecule has 7 rings (SSSR count). The maximum Gasteiger partial charge on any atom is 0.230 e. The van der Waals surface area contributed by atoms with Gasteiger partial charge in [0.2, 0.25) is 5.55 Å². The number of aromatic nitrogens is 1. The SMILES string of the molecule is c1ccc2c(N=c3oc4ccc5ccccc5c4cc3-c3nc4ccccc4s3)cccc2c1. The summed E-state index contributed by atoms with van der Waals surface area (Å²) in [6.45, 7) is 0. The van der Waals surface area contributed by atoms with Crippen molar-refractivity contribution in [1.29, 1.82) is 0 Å². The van der Waals surface area contributed by atoms with Crippen LogP contribution in [-0.4, -0.2) is 4.98 Å². The number of rotatable bonds is 2. The lowest BCUT2D eigenvalue weighted by molar-refractivity contribution is 0.548. The average molecular weight is 455 g/mol. The van der Waals surface area contributed by atoms with E-state index in [1.54, 1.807) is 11.3 Å². The van der Waals surface area contributed by atoms with Crippen molar-refractivity contribution >= 4 is 59.8 Å². The molecule has 0 aliphatic heterocycles. The predicted octanol–water partition coefficient (Wildman–Crippen LogP) is 8.25. The van der Waals surface area contributed by atoms with E-state index in [9.17, 15) is 0 Å². The van der Waals surface area contributed by atoms with E-state index < -0.39 is 0 Å². The third-order valence-electron chi connectivity index (χ3n) is 6.17. The largest absolute Gasteiger partial charge is 0.438 e. The standard InChI is InChI=1S/C30H18N2OS/c1-3-11-21-20(9-1)16-17-27-23(21)18-24(30-32-26-13-5-6-15-28(26)34-30)29(33-27)31-25-14-7-10-19-8-2-4-12-22(19)25/h1-18H. The first-order valence-corrected chi connectivity index (χ1v) is 12.0. The molecule has 0 atom stereocenters. The van der Waals surface area contributed by atoms with Gasteiger partial charge in [-0.2, -0.15) is 0 Å². The van der Waals surface area contributed by atoms with Crippen LogP contribution in [0.2, 0.25) is 0 Å². The second-order valence-electron chi connectivity index (χ2n) is 8.26. The van der Waals surface area contributed by atoms with Crippen molar-refractivity contribution in [3.05, 3.63) is 115 Å². The molecule has 2 heterocycles. The van der Waals surface area contributed by atoms with E-state index in [-0.39, 0.29) is 0 Å². The molecule has 4 heteroatoms. The van der Waals surface area contributed by atoms with E-state index in [0.29, 0.717) is 5.55 Å².